The second-order valence-corrected chi connectivity index (χ2v) is 3.78. The number of rotatable bonds is 4. The summed E-state index contributed by atoms with van der Waals surface area (Å²) in [7, 11) is 0. The van der Waals surface area contributed by atoms with Crippen LogP contribution in [0.5, 0.6) is 5.75 Å². The summed E-state index contributed by atoms with van der Waals surface area (Å²) in [6, 6.07) is 6.56. The Balaban J connectivity index is 2.20. The molecule has 1 aliphatic carbocycles. The number of ether oxygens (including phenoxy) is 1. The van der Waals surface area contributed by atoms with Gasteiger partial charge in [-0.05, 0) is 24.8 Å². The fourth-order valence-corrected chi connectivity index (χ4v) is 1.67. The van der Waals surface area contributed by atoms with Crippen molar-refractivity contribution in [3.05, 3.63) is 29.8 Å². The van der Waals surface area contributed by atoms with Crippen molar-refractivity contribution in [2.75, 3.05) is 0 Å². The van der Waals surface area contributed by atoms with Gasteiger partial charge in [0.05, 0.1) is 0 Å². The minimum Gasteiger partial charge on any atom is -0.434 e. The fraction of sp³-hybridized carbons (Fsp3) is 0.455. The molecule has 0 amide bonds. The molecule has 2 nitrogen and oxygen atoms in total. The number of halogens is 2. The van der Waals surface area contributed by atoms with E-state index >= 15 is 0 Å². The van der Waals surface area contributed by atoms with Gasteiger partial charge in [0.2, 0.25) is 0 Å². The maximum atomic E-state index is 12.1. The van der Waals surface area contributed by atoms with Crippen LogP contribution in [0.1, 0.15) is 24.4 Å². The molecular weight excluding hydrogens is 200 g/mol. The molecule has 1 aromatic rings. The summed E-state index contributed by atoms with van der Waals surface area (Å²) in [5, 5.41) is 0. The van der Waals surface area contributed by atoms with Crippen LogP contribution in [0.3, 0.4) is 0 Å². The van der Waals surface area contributed by atoms with Crippen LogP contribution >= 0.6 is 0 Å². The number of benzene rings is 1. The van der Waals surface area contributed by atoms with Gasteiger partial charge in [-0.3, -0.25) is 0 Å². The smallest absolute Gasteiger partial charge is 0.387 e. The zero-order chi connectivity index (χ0) is 10.8. The SMILES string of the molecule is N[C@@H](c1ccccc1OC(F)F)C1CC1. The summed E-state index contributed by atoms with van der Waals surface area (Å²) in [4.78, 5) is 0. The van der Waals surface area contributed by atoms with Gasteiger partial charge in [0.25, 0.3) is 0 Å². The highest BCUT2D eigenvalue weighted by atomic mass is 19.3. The van der Waals surface area contributed by atoms with Crippen LogP contribution < -0.4 is 10.5 Å². The van der Waals surface area contributed by atoms with E-state index < -0.39 is 6.61 Å². The Hall–Kier alpha value is -1.16. The van der Waals surface area contributed by atoms with Gasteiger partial charge < -0.3 is 10.5 Å². The minimum atomic E-state index is -2.79. The quantitative estimate of drug-likeness (QED) is 0.834. The fourth-order valence-electron chi connectivity index (χ4n) is 1.67. The zero-order valence-electron chi connectivity index (χ0n) is 8.20. The summed E-state index contributed by atoms with van der Waals surface area (Å²) >= 11 is 0. The number of hydrogen-bond acceptors (Lipinski definition) is 2. The molecular formula is C11H13F2NO. The van der Waals surface area contributed by atoms with Crippen LogP contribution in [-0.2, 0) is 0 Å². The van der Waals surface area contributed by atoms with Crippen molar-refractivity contribution in [1.29, 1.82) is 0 Å². The summed E-state index contributed by atoms with van der Waals surface area (Å²) in [6.07, 6.45) is 2.15. The second-order valence-electron chi connectivity index (χ2n) is 3.78. The van der Waals surface area contributed by atoms with E-state index in [-0.39, 0.29) is 11.8 Å². The van der Waals surface area contributed by atoms with Crippen LogP contribution in [0.4, 0.5) is 8.78 Å². The molecule has 1 aromatic carbocycles. The first-order valence-electron chi connectivity index (χ1n) is 4.98. The van der Waals surface area contributed by atoms with Crippen molar-refractivity contribution in [1.82, 2.24) is 0 Å². The van der Waals surface area contributed by atoms with Crippen molar-refractivity contribution >= 4 is 0 Å². The highest BCUT2D eigenvalue weighted by Crippen LogP contribution is 2.42. The van der Waals surface area contributed by atoms with E-state index in [1.807, 2.05) is 0 Å². The van der Waals surface area contributed by atoms with Crippen LogP contribution in [-0.4, -0.2) is 6.61 Å². The largest absolute Gasteiger partial charge is 0.434 e. The molecule has 0 saturated heterocycles. The van der Waals surface area contributed by atoms with E-state index in [1.54, 1.807) is 18.2 Å². The lowest BCUT2D eigenvalue weighted by Gasteiger charge is -2.15. The van der Waals surface area contributed by atoms with Crippen molar-refractivity contribution in [2.24, 2.45) is 11.7 Å². The van der Waals surface area contributed by atoms with Gasteiger partial charge in [0.15, 0.2) is 0 Å². The van der Waals surface area contributed by atoms with Crippen LogP contribution in [0.15, 0.2) is 24.3 Å². The molecule has 2 rings (SSSR count). The van der Waals surface area contributed by atoms with Crippen LogP contribution in [0, 0.1) is 5.92 Å². The Morgan fingerprint density at radius 1 is 1.27 bits per heavy atom. The lowest BCUT2D eigenvalue weighted by molar-refractivity contribution is -0.0506. The van der Waals surface area contributed by atoms with E-state index in [4.69, 9.17) is 5.73 Å². The lowest BCUT2D eigenvalue weighted by Crippen LogP contribution is -2.15. The second kappa shape index (κ2) is 4.14. The highest BCUT2D eigenvalue weighted by molar-refractivity contribution is 5.36. The lowest BCUT2D eigenvalue weighted by atomic mass is 10.0. The molecule has 0 radical (unpaired) electrons. The van der Waals surface area contributed by atoms with Gasteiger partial charge in [0.1, 0.15) is 5.75 Å². The highest BCUT2D eigenvalue weighted by Gasteiger charge is 2.31. The van der Waals surface area contributed by atoms with Gasteiger partial charge in [-0.15, -0.1) is 0 Å². The molecule has 0 spiro atoms. The van der Waals surface area contributed by atoms with E-state index in [9.17, 15) is 8.78 Å². The first-order chi connectivity index (χ1) is 7.18. The van der Waals surface area contributed by atoms with Gasteiger partial charge in [-0.1, -0.05) is 18.2 Å². The molecule has 2 N–H and O–H groups in total. The third kappa shape index (κ3) is 2.45. The summed E-state index contributed by atoms with van der Waals surface area (Å²) in [5.41, 5.74) is 6.63. The van der Waals surface area contributed by atoms with Gasteiger partial charge in [-0.2, -0.15) is 8.78 Å². The molecule has 1 fully saturated rings. The Morgan fingerprint density at radius 3 is 2.53 bits per heavy atom. The molecule has 82 valence electrons. The normalized spacial score (nSPS) is 17.9. The van der Waals surface area contributed by atoms with Crippen molar-refractivity contribution in [3.63, 3.8) is 0 Å². The topological polar surface area (TPSA) is 35.2 Å². The van der Waals surface area contributed by atoms with E-state index in [0.717, 1.165) is 12.8 Å². The Bertz CT molecular complexity index is 339. The van der Waals surface area contributed by atoms with Crippen molar-refractivity contribution in [3.8, 4) is 5.75 Å². The molecule has 15 heavy (non-hydrogen) atoms. The van der Waals surface area contributed by atoms with Crippen molar-refractivity contribution in [2.45, 2.75) is 25.5 Å². The molecule has 4 heteroatoms. The molecule has 0 aliphatic heterocycles. The molecule has 1 aliphatic rings. The third-order valence-electron chi connectivity index (χ3n) is 2.62. The van der Waals surface area contributed by atoms with Gasteiger partial charge in [0, 0.05) is 11.6 Å². The van der Waals surface area contributed by atoms with Crippen LogP contribution in [0.2, 0.25) is 0 Å². The Morgan fingerprint density at radius 2 is 1.93 bits per heavy atom. The standard InChI is InChI=1S/C11H13F2NO/c12-11(13)15-9-4-2-1-3-8(9)10(14)7-5-6-7/h1-4,7,10-11H,5-6,14H2/t10-/m1/s1. The van der Waals surface area contributed by atoms with E-state index in [2.05, 4.69) is 4.74 Å². The van der Waals surface area contributed by atoms with E-state index in [1.165, 1.54) is 6.07 Å². The monoisotopic (exact) mass is 213 g/mol. The Labute approximate surface area is 87.0 Å². The van der Waals surface area contributed by atoms with Gasteiger partial charge >= 0.3 is 6.61 Å². The minimum absolute atomic E-state index is 0.181. The maximum absolute atomic E-state index is 12.1. The number of para-hydroxylation sites is 1. The summed E-state index contributed by atoms with van der Waals surface area (Å²) in [6.45, 7) is -2.79. The molecule has 0 unspecified atom stereocenters. The average Bonchev–Trinajstić information content (AvgIpc) is 3.00. The first-order valence-corrected chi connectivity index (χ1v) is 4.98. The molecule has 0 heterocycles. The number of hydrogen-bond donors (Lipinski definition) is 1. The number of nitrogens with two attached hydrogens (primary N) is 1. The molecule has 0 aromatic heterocycles. The molecule has 1 atom stereocenters. The third-order valence-corrected chi connectivity index (χ3v) is 2.62. The molecule has 0 bridgehead atoms. The number of alkyl halides is 2. The van der Waals surface area contributed by atoms with Crippen LogP contribution in [0.25, 0.3) is 0 Å². The predicted octanol–water partition coefficient (Wildman–Crippen LogP) is 2.70. The summed E-state index contributed by atoms with van der Waals surface area (Å²) < 4.78 is 28.7. The Kier molecular flexibility index (Phi) is 2.86. The molecule has 1 saturated carbocycles. The first kappa shape index (κ1) is 10.4. The average molecular weight is 213 g/mol. The summed E-state index contributed by atoms with van der Waals surface area (Å²) in [5.74, 6) is 0.624. The van der Waals surface area contributed by atoms with E-state index in [0.29, 0.717) is 11.5 Å². The van der Waals surface area contributed by atoms with Gasteiger partial charge in [-0.25, -0.2) is 0 Å². The van der Waals surface area contributed by atoms with Crippen molar-refractivity contribution < 1.29 is 13.5 Å². The zero-order valence-corrected chi connectivity index (χ0v) is 8.20. The maximum Gasteiger partial charge on any atom is 0.387 e. The predicted molar refractivity (Wildman–Crippen MR) is 52.7 cm³/mol.